The summed E-state index contributed by atoms with van der Waals surface area (Å²) in [5.74, 6) is 5.64. The molecule has 118 valence electrons. The lowest BCUT2D eigenvalue weighted by Gasteiger charge is -2.20. The molecule has 1 unspecified atom stereocenters. The van der Waals surface area contributed by atoms with Crippen molar-refractivity contribution in [1.29, 1.82) is 0 Å². The molecule has 0 saturated carbocycles. The Bertz CT molecular complexity index is 556. The molecule has 1 aliphatic heterocycles. The number of likely N-dealkylation sites (tertiary alicyclic amines) is 1. The summed E-state index contributed by atoms with van der Waals surface area (Å²) in [6.07, 6.45) is 2.49. The maximum absolute atomic E-state index is 12.3. The first-order chi connectivity index (χ1) is 10.0. The number of nitrogens with zero attached hydrogens (tertiary/aromatic N) is 1. The first-order valence-electron chi connectivity index (χ1n) is 7.30. The zero-order chi connectivity index (χ0) is 15.3. The summed E-state index contributed by atoms with van der Waals surface area (Å²) in [4.78, 5) is 2.56. The molecule has 6 nitrogen and oxygen atoms in total. The number of para-hydroxylation sites is 1. The first kappa shape index (κ1) is 16.2. The summed E-state index contributed by atoms with van der Waals surface area (Å²) in [5.41, 5.74) is 2.82. The van der Waals surface area contributed by atoms with Crippen molar-refractivity contribution in [3.8, 4) is 0 Å². The standard InChI is InChI=1S/C14H24N4O2S/c1-12(11-18-8-4-5-9-18)10-16-21(19,20)14-7-3-2-6-13(14)17-15/h2-3,6-7,12,16-17H,4-5,8-11,15H2,1H3. The van der Waals surface area contributed by atoms with Crippen LogP contribution in [-0.4, -0.2) is 39.5 Å². The summed E-state index contributed by atoms with van der Waals surface area (Å²) in [5, 5.41) is 0. The summed E-state index contributed by atoms with van der Waals surface area (Å²) >= 11 is 0. The van der Waals surface area contributed by atoms with E-state index in [4.69, 9.17) is 5.84 Å². The van der Waals surface area contributed by atoms with Crippen LogP contribution in [0.4, 0.5) is 5.69 Å². The molecule has 1 aliphatic rings. The minimum atomic E-state index is -3.54. The Labute approximate surface area is 126 Å². The van der Waals surface area contributed by atoms with Gasteiger partial charge in [-0.2, -0.15) is 0 Å². The quantitative estimate of drug-likeness (QED) is 0.516. The van der Waals surface area contributed by atoms with Crippen molar-refractivity contribution in [3.63, 3.8) is 0 Å². The molecule has 4 N–H and O–H groups in total. The first-order valence-corrected chi connectivity index (χ1v) is 8.79. The number of anilines is 1. The highest BCUT2D eigenvalue weighted by Gasteiger charge is 2.20. The molecule has 0 aromatic heterocycles. The van der Waals surface area contributed by atoms with E-state index in [0.717, 1.165) is 19.6 Å². The number of nitrogen functional groups attached to an aromatic ring is 1. The number of hydrogen-bond donors (Lipinski definition) is 3. The molecule has 21 heavy (non-hydrogen) atoms. The van der Waals surface area contributed by atoms with E-state index in [1.807, 2.05) is 0 Å². The van der Waals surface area contributed by atoms with Gasteiger partial charge in [-0.15, -0.1) is 0 Å². The normalized spacial score (nSPS) is 17.8. The van der Waals surface area contributed by atoms with E-state index in [1.54, 1.807) is 24.3 Å². The Hall–Kier alpha value is -1.15. The van der Waals surface area contributed by atoms with Crippen molar-refractivity contribution >= 4 is 15.7 Å². The Morgan fingerprint density at radius 3 is 2.62 bits per heavy atom. The van der Waals surface area contributed by atoms with Crippen molar-refractivity contribution in [1.82, 2.24) is 9.62 Å². The number of hydrogen-bond acceptors (Lipinski definition) is 5. The van der Waals surface area contributed by atoms with Crippen LogP contribution in [0.15, 0.2) is 29.2 Å². The fourth-order valence-electron chi connectivity index (χ4n) is 2.62. The zero-order valence-electron chi connectivity index (χ0n) is 12.4. The second kappa shape index (κ2) is 7.22. The summed E-state index contributed by atoms with van der Waals surface area (Å²) < 4.78 is 27.3. The van der Waals surface area contributed by atoms with Crippen LogP contribution in [0.3, 0.4) is 0 Å². The van der Waals surface area contributed by atoms with Crippen molar-refractivity contribution in [2.45, 2.75) is 24.7 Å². The summed E-state index contributed by atoms with van der Waals surface area (Å²) in [6.45, 7) is 5.67. The molecule has 1 aromatic carbocycles. The topological polar surface area (TPSA) is 87.5 Å². The van der Waals surface area contributed by atoms with Gasteiger partial charge in [0.2, 0.25) is 10.0 Å². The smallest absolute Gasteiger partial charge is 0.242 e. The van der Waals surface area contributed by atoms with Crippen LogP contribution in [0.1, 0.15) is 19.8 Å². The van der Waals surface area contributed by atoms with Crippen LogP contribution >= 0.6 is 0 Å². The lowest BCUT2D eigenvalue weighted by atomic mass is 10.2. The number of rotatable bonds is 7. The third-order valence-electron chi connectivity index (χ3n) is 3.72. The van der Waals surface area contributed by atoms with E-state index in [2.05, 4.69) is 22.0 Å². The van der Waals surface area contributed by atoms with Crippen molar-refractivity contribution in [2.75, 3.05) is 31.6 Å². The van der Waals surface area contributed by atoms with Gasteiger partial charge in [0.15, 0.2) is 0 Å². The lowest BCUT2D eigenvalue weighted by molar-refractivity contribution is 0.288. The third-order valence-corrected chi connectivity index (χ3v) is 5.20. The van der Waals surface area contributed by atoms with Crippen LogP contribution in [0.2, 0.25) is 0 Å². The average Bonchev–Trinajstić information content (AvgIpc) is 2.98. The molecule has 0 aliphatic carbocycles. The molecule has 1 atom stereocenters. The highest BCUT2D eigenvalue weighted by atomic mass is 32.2. The highest BCUT2D eigenvalue weighted by Crippen LogP contribution is 2.19. The van der Waals surface area contributed by atoms with E-state index in [-0.39, 0.29) is 10.8 Å². The van der Waals surface area contributed by atoms with Gasteiger partial charge in [0.1, 0.15) is 4.90 Å². The highest BCUT2D eigenvalue weighted by molar-refractivity contribution is 7.89. The van der Waals surface area contributed by atoms with Crippen LogP contribution in [0, 0.1) is 5.92 Å². The van der Waals surface area contributed by atoms with Crippen molar-refractivity contribution in [3.05, 3.63) is 24.3 Å². The van der Waals surface area contributed by atoms with E-state index in [9.17, 15) is 8.42 Å². The summed E-state index contributed by atoms with van der Waals surface area (Å²) in [7, 11) is -3.54. The van der Waals surface area contributed by atoms with Gasteiger partial charge in [0, 0.05) is 13.1 Å². The van der Waals surface area contributed by atoms with E-state index in [0.29, 0.717) is 12.2 Å². The minimum Gasteiger partial charge on any atom is -0.323 e. The summed E-state index contributed by atoms with van der Waals surface area (Å²) in [6, 6.07) is 6.61. The number of sulfonamides is 1. The van der Waals surface area contributed by atoms with Gasteiger partial charge >= 0.3 is 0 Å². The van der Waals surface area contributed by atoms with Crippen LogP contribution in [0.5, 0.6) is 0 Å². The molecule has 0 radical (unpaired) electrons. The fraction of sp³-hybridized carbons (Fsp3) is 0.571. The predicted octanol–water partition coefficient (Wildman–Crippen LogP) is 0.982. The van der Waals surface area contributed by atoms with Gasteiger partial charge in [-0.25, -0.2) is 13.1 Å². The maximum atomic E-state index is 12.3. The number of hydrazine groups is 1. The Balaban J connectivity index is 1.94. The zero-order valence-corrected chi connectivity index (χ0v) is 13.2. The Morgan fingerprint density at radius 2 is 1.95 bits per heavy atom. The third kappa shape index (κ3) is 4.41. The number of nitrogens with two attached hydrogens (primary N) is 1. The maximum Gasteiger partial charge on any atom is 0.242 e. The molecule has 1 heterocycles. The monoisotopic (exact) mass is 312 g/mol. The molecule has 1 fully saturated rings. The number of benzene rings is 1. The van der Waals surface area contributed by atoms with E-state index >= 15 is 0 Å². The van der Waals surface area contributed by atoms with Crippen molar-refractivity contribution < 1.29 is 8.42 Å². The molecule has 0 bridgehead atoms. The molecule has 7 heteroatoms. The molecule has 0 spiro atoms. The van der Waals surface area contributed by atoms with E-state index in [1.165, 1.54) is 12.8 Å². The van der Waals surface area contributed by atoms with Crippen molar-refractivity contribution in [2.24, 2.45) is 11.8 Å². The fourth-order valence-corrected chi connectivity index (χ4v) is 3.95. The molecule has 0 amide bonds. The SMILES string of the molecule is CC(CNS(=O)(=O)c1ccccc1NN)CN1CCCC1. The molecular weight excluding hydrogens is 288 g/mol. The van der Waals surface area contributed by atoms with Gasteiger partial charge in [-0.05, 0) is 44.0 Å². The van der Waals surface area contributed by atoms with Gasteiger partial charge < -0.3 is 10.3 Å². The Kier molecular flexibility index (Phi) is 5.58. The van der Waals surface area contributed by atoms with Gasteiger partial charge in [0.05, 0.1) is 5.69 Å². The molecule has 2 rings (SSSR count). The van der Waals surface area contributed by atoms with E-state index < -0.39 is 10.0 Å². The van der Waals surface area contributed by atoms with Crippen LogP contribution in [0.25, 0.3) is 0 Å². The second-order valence-electron chi connectivity index (χ2n) is 5.61. The second-order valence-corrected chi connectivity index (χ2v) is 7.34. The Morgan fingerprint density at radius 1 is 1.29 bits per heavy atom. The molecule has 1 saturated heterocycles. The number of nitrogens with one attached hydrogen (secondary N) is 2. The van der Waals surface area contributed by atoms with Gasteiger partial charge in [0.25, 0.3) is 0 Å². The predicted molar refractivity (Wildman–Crippen MR) is 84.3 cm³/mol. The average molecular weight is 312 g/mol. The van der Waals surface area contributed by atoms with Crippen LogP contribution in [-0.2, 0) is 10.0 Å². The molecular formula is C14H24N4O2S. The van der Waals surface area contributed by atoms with Gasteiger partial charge in [-0.1, -0.05) is 19.1 Å². The molecule has 1 aromatic rings. The minimum absolute atomic E-state index is 0.181. The van der Waals surface area contributed by atoms with Gasteiger partial charge in [-0.3, -0.25) is 5.84 Å². The van der Waals surface area contributed by atoms with Crippen LogP contribution < -0.4 is 16.0 Å². The largest absolute Gasteiger partial charge is 0.323 e. The lowest BCUT2D eigenvalue weighted by Crippen LogP contribution is -2.34.